The van der Waals surface area contributed by atoms with Crippen LogP contribution in [0, 0.1) is 0 Å². The number of aliphatic imine (C=N–C) groups is 1. The van der Waals surface area contributed by atoms with Gasteiger partial charge in [0, 0.05) is 28.7 Å². The molecule has 3 aromatic carbocycles. The third-order valence-corrected chi connectivity index (χ3v) is 7.08. The molecule has 216 valence electrons. The number of nitrogens with one attached hydrogen (secondary N) is 1. The van der Waals surface area contributed by atoms with E-state index in [4.69, 9.17) is 20.8 Å². The van der Waals surface area contributed by atoms with Crippen LogP contribution in [0.3, 0.4) is 0 Å². The highest BCUT2D eigenvalue weighted by Crippen LogP contribution is 2.45. The van der Waals surface area contributed by atoms with E-state index in [2.05, 4.69) is 9.98 Å². The van der Waals surface area contributed by atoms with Gasteiger partial charge in [0.05, 0.1) is 35.9 Å². The number of hydrogen-bond acceptors (Lipinski definition) is 5. The summed E-state index contributed by atoms with van der Waals surface area (Å²) in [5, 5.41) is -0.169. The van der Waals surface area contributed by atoms with Gasteiger partial charge in [0.2, 0.25) is 0 Å². The summed E-state index contributed by atoms with van der Waals surface area (Å²) < 4.78 is 79.1. The second-order valence-corrected chi connectivity index (χ2v) is 10.4. The molecule has 1 unspecified atom stereocenters. The summed E-state index contributed by atoms with van der Waals surface area (Å²) in [6.45, 7) is -0.211. The largest absolute Gasteiger partial charge is 0.457 e. The fourth-order valence-electron chi connectivity index (χ4n) is 5.23. The van der Waals surface area contributed by atoms with Crippen LogP contribution in [0.1, 0.15) is 29.7 Å². The van der Waals surface area contributed by atoms with Gasteiger partial charge in [-0.15, -0.1) is 0 Å². The highest BCUT2D eigenvalue weighted by molar-refractivity contribution is 6.30. The Kier molecular flexibility index (Phi) is 6.48. The molecule has 0 bridgehead atoms. The van der Waals surface area contributed by atoms with Gasteiger partial charge in [-0.2, -0.15) is 13.2 Å². The number of para-hydroxylation sites is 1. The molecule has 1 atom stereocenters. The molecule has 4 aromatic rings. The van der Waals surface area contributed by atoms with Crippen molar-refractivity contribution in [1.82, 2.24) is 9.88 Å². The zero-order chi connectivity index (χ0) is 30.0. The van der Waals surface area contributed by atoms with E-state index in [1.165, 1.54) is 30.3 Å². The lowest BCUT2D eigenvalue weighted by atomic mass is 9.91. The number of rotatable bonds is 6. The third kappa shape index (κ3) is 5.06. The van der Waals surface area contributed by atoms with Crippen molar-refractivity contribution < 1.29 is 35.9 Å². The van der Waals surface area contributed by atoms with E-state index in [0.29, 0.717) is 34.9 Å². The zero-order valence-electron chi connectivity index (χ0n) is 21.6. The molecule has 1 aromatic heterocycles. The molecule has 0 saturated heterocycles. The molecule has 0 fully saturated rings. The van der Waals surface area contributed by atoms with Crippen molar-refractivity contribution in [1.29, 1.82) is 0 Å². The number of ether oxygens (including phenoxy) is 1. The predicted molar refractivity (Wildman–Crippen MR) is 143 cm³/mol. The van der Waals surface area contributed by atoms with Gasteiger partial charge in [-0.1, -0.05) is 29.8 Å². The van der Waals surface area contributed by atoms with Crippen molar-refractivity contribution in [3.05, 3.63) is 104 Å². The maximum absolute atomic E-state index is 14.3. The number of aromatic amines is 1. The van der Waals surface area contributed by atoms with E-state index in [0.717, 1.165) is 17.0 Å². The van der Waals surface area contributed by atoms with Crippen LogP contribution >= 0.6 is 11.6 Å². The monoisotopic (exact) mass is 603 g/mol. The summed E-state index contributed by atoms with van der Waals surface area (Å²) in [5.74, 6) is -4.50. The van der Waals surface area contributed by atoms with Crippen LogP contribution in [0.15, 0.2) is 86.0 Å². The lowest BCUT2D eigenvalue weighted by Crippen LogP contribution is -2.40. The van der Waals surface area contributed by atoms with Gasteiger partial charge in [0.25, 0.3) is 11.8 Å². The average Bonchev–Trinajstić information content (AvgIpc) is 3.56. The first-order valence-electron chi connectivity index (χ1n) is 12.5. The normalized spacial score (nSPS) is 17.3. The van der Waals surface area contributed by atoms with Gasteiger partial charge in [0.1, 0.15) is 11.5 Å². The Morgan fingerprint density at radius 3 is 2.48 bits per heavy atom. The molecule has 6 rings (SSSR count). The first kappa shape index (κ1) is 27.7. The molecule has 7 nitrogen and oxygen atoms in total. The van der Waals surface area contributed by atoms with Crippen LogP contribution < -0.4 is 10.5 Å². The molecule has 2 aliphatic heterocycles. The lowest BCUT2D eigenvalue weighted by molar-refractivity contribution is -0.137. The number of oxazole rings is 1. The number of carbonyl (C=O) groups excluding carboxylic acids is 1. The standard InChI is InChI=1S/C29H19ClF5N3O4/c1-28(31,32)13-38-24(14-5-7-17(8-6-14)41-18-10-15(29(33,34)35)9-16(30)11-18)22-20(26(38)39)12-36-23(22)19-3-2-4-21-25(19)42-27(40)37-21/h2-11,24H,12-13H2,1H3,(H,37,40). The lowest BCUT2D eigenvalue weighted by Gasteiger charge is -2.30. The second-order valence-electron chi connectivity index (χ2n) is 10.0. The van der Waals surface area contributed by atoms with E-state index >= 15 is 0 Å². The van der Waals surface area contributed by atoms with E-state index < -0.39 is 41.9 Å². The average molecular weight is 604 g/mol. The molecule has 1 amide bonds. The van der Waals surface area contributed by atoms with Crippen LogP contribution in [-0.2, 0) is 11.0 Å². The molecule has 0 radical (unpaired) electrons. The molecule has 0 saturated carbocycles. The number of aromatic nitrogens is 1. The first-order chi connectivity index (χ1) is 19.8. The van der Waals surface area contributed by atoms with Gasteiger partial charge >= 0.3 is 11.9 Å². The molecule has 0 aliphatic carbocycles. The summed E-state index contributed by atoms with van der Waals surface area (Å²) in [6, 6.07) is 12.8. The number of halogens is 6. The summed E-state index contributed by atoms with van der Waals surface area (Å²) in [7, 11) is 0. The van der Waals surface area contributed by atoms with Crippen molar-refractivity contribution in [3.8, 4) is 11.5 Å². The molecule has 42 heavy (non-hydrogen) atoms. The van der Waals surface area contributed by atoms with Gasteiger partial charge in [-0.05, 0) is 48.0 Å². The van der Waals surface area contributed by atoms with Crippen molar-refractivity contribution in [2.45, 2.75) is 25.1 Å². The topological polar surface area (TPSA) is 87.9 Å². The van der Waals surface area contributed by atoms with Crippen molar-refractivity contribution in [2.24, 2.45) is 4.99 Å². The highest BCUT2D eigenvalue weighted by Gasteiger charge is 2.47. The Balaban J connectivity index is 1.38. The van der Waals surface area contributed by atoms with E-state index in [-0.39, 0.29) is 34.2 Å². The zero-order valence-corrected chi connectivity index (χ0v) is 22.3. The van der Waals surface area contributed by atoms with Gasteiger partial charge < -0.3 is 14.1 Å². The van der Waals surface area contributed by atoms with Crippen molar-refractivity contribution in [3.63, 3.8) is 0 Å². The Bertz CT molecular complexity index is 1850. The molecular formula is C29H19ClF5N3O4. The van der Waals surface area contributed by atoms with Crippen LogP contribution in [-0.4, -0.2) is 40.5 Å². The summed E-state index contributed by atoms with van der Waals surface area (Å²) in [6.07, 6.45) is -4.63. The minimum atomic E-state index is -4.63. The predicted octanol–water partition coefficient (Wildman–Crippen LogP) is 6.92. The number of alkyl halides is 5. The molecule has 1 N–H and O–H groups in total. The van der Waals surface area contributed by atoms with Crippen LogP contribution in [0.5, 0.6) is 11.5 Å². The Morgan fingerprint density at radius 2 is 1.79 bits per heavy atom. The number of carbonyl (C=O) groups is 1. The van der Waals surface area contributed by atoms with Gasteiger partial charge in [0.15, 0.2) is 5.58 Å². The van der Waals surface area contributed by atoms with Gasteiger partial charge in [-0.3, -0.25) is 14.8 Å². The maximum atomic E-state index is 14.3. The van der Waals surface area contributed by atoms with Gasteiger partial charge in [-0.25, -0.2) is 13.6 Å². The maximum Gasteiger partial charge on any atom is 0.417 e. The second kappa shape index (κ2) is 9.83. The number of amides is 1. The number of H-pyrrole nitrogens is 1. The van der Waals surface area contributed by atoms with Crippen LogP contribution in [0.4, 0.5) is 22.0 Å². The summed E-state index contributed by atoms with van der Waals surface area (Å²) >= 11 is 5.85. The van der Waals surface area contributed by atoms with Crippen molar-refractivity contribution >= 4 is 34.3 Å². The minimum Gasteiger partial charge on any atom is -0.457 e. The minimum absolute atomic E-state index is 0.0473. The van der Waals surface area contributed by atoms with E-state index in [1.54, 1.807) is 18.2 Å². The first-order valence-corrected chi connectivity index (χ1v) is 12.9. The number of hydrogen-bond donors (Lipinski definition) is 1. The summed E-state index contributed by atoms with van der Waals surface area (Å²) in [4.78, 5) is 33.4. The summed E-state index contributed by atoms with van der Waals surface area (Å²) in [5.41, 5.74) is 1.46. The van der Waals surface area contributed by atoms with Crippen LogP contribution in [0.25, 0.3) is 11.1 Å². The fraction of sp³-hybridized carbons (Fsp3) is 0.207. The Morgan fingerprint density at radius 1 is 1.05 bits per heavy atom. The van der Waals surface area contributed by atoms with Crippen LogP contribution in [0.2, 0.25) is 5.02 Å². The smallest absolute Gasteiger partial charge is 0.417 e. The quantitative estimate of drug-likeness (QED) is 0.242. The highest BCUT2D eigenvalue weighted by atomic mass is 35.5. The van der Waals surface area contributed by atoms with Crippen molar-refractivity contribution in [2.75, 3.05) is 13.1 Å². The van der Waals surface area contributed by atoms with E-state index in [1.807, 2.05) is 0 Å². The molecule has 2 aliphatic rings. The molecular weight excluding hydrogens is 585 g/mol. The third-order valence-electron chi connectivity index (χ3n) is 6.86. The Hall–Kier alpha value is -4.45. The number of fused-ring (bicyclic) bond motifs is 1. The number of nitrogens with zero attached hydrogens (tertiary/aromatic N) is 2. The molecule has 0 spiro atoms. The number of benzene rings is 3. The fourth-order valence-corrected chi connectivity index (χ4v) is 5.46. The SMILES string of the molecule is CC(F)(F)CN1C(=O)C2=C(C(c3cccc4[nH]c(=O)oc34)=NC2)C1c1ccc(Oc2cc(Cl)cc(C(F)(F)F)c2)cc1. The molecule has 13 heteroatoms. The van der Waals surface area contributed by atoms with E-state index in [9.17, 15) is 31.5 Å². The molecule has 3 heterocycles. The Labute approximate surface area is 238 Å².